The summed E-state index contributed by atoms with van der Waals surface area (Å²) < 4.78 is 5.85. The Morgan fingerprint density at radius 2 is 2.05 bits per heavy atom. The van der Waals surface area contributed by atoms with E-state index in [-0.39, 0.29) is 40.9 Å². The van der Waals surface area contributed by atoms with Crippen LogP contribution in [0.3, 0.4) is 0 Å². The predicted octanol–water partition coefficient (Wildman–Crippen LogP) is -0.450. The molecule has 0 bridgehead atoms. The quantitative estimate of drug-likeness (QED) is 0.193. The molecular formula is C23H27N7O5S2. The highest BCUT2D eigenvalue weighted by Crippen LogP contribution is 2.40. The number of amides is 2. The molecule has 4 rings (SSSR count). The van der Waals surface area contributed by atoms with Crippen molar-refractivity contribution in [2.45, 2.75) is 51.1 Å². The van der Waals surface area contributed by atoms with Gasteiger partial charge in [0.05, 0.1) is 11.7 Å². The number of hydrogen-bond acceptors (Lipinski definition) is 11. The molecule has 2 aliphatic heterocycles. The van der Waals surface area contributed by atoms with Gasteiger partial charge in [-0.1, -0.05) is 25.9 Å². The Morgan fingerprint density at radius 3 is 2.62 bits per heavy atom. The summed E-state index contributed by atoms with van der Waals surface area (Å²) in [5.41, 5.74) is 6.91. The van der Waals surface area contributed by atoms with Crippen LogP contribution in [0.25, 0.3) is 0 Å². The van der Waals surface area contributed by atoms with Crippen molar-refractivity contribution in [1.29, 1.82) is 0 Å². The number of hydrogen-bond donors (Lipinski definition) is 2. The first-order valence-corrected chi connectivity index (χ1v) is 13.3. The normalized spacial score (nSPS) is 19.8. The maximum Gasteiger partial charge on any atom is 0.278 e. The van der Waals surface area contributed by atoms with E-state index in [2.05, 4.69) is 40.6 Å². The summed E-state index contributed by atoms with van der Waals surface area (Å²) in [6, 6.07) is 3.02. The Labute approximate surface area is 221 Å². The molecular weight excluding hydrogens is 518 g/mol. The molecule has 0 saturated carbocycles. The van der Waals surface area contributed by atoms with Crippen LogP contribution in [0.15, 0.2) is 41.0 Å². The zero-order valence-electron chi connectivity index (χ0n) is 20.8. The maximum absolute atomic E-state index is 13.0. The number of thioether (sulfide) groups is 1. The van der Waals surface area contributed by atoms with Crippen LogP contribution in [0.5, 0.6) is 0 Å². The van der Waals surface area contributed by atoms with E-state index in [1.807, 2.05) is 29.1 Å². The SMILES string of the molecule is CCO/N=C(\C(=O)NC1C(=O)N2C(C(=O)[O-])=C(C[n+]3ccc(C(C)(C)C)cc3)CS[C@H]12)c1nsc(N)n1. The molecule has 2 amide bonds. The number of carbonyl (C=O) groups excluding carboxylic acids is 3. The third-order valence-corrected chi connectivity index (χ3v) is 7.69. The van der Waals surface area contributed by atoms with Gasteiger partial charge in [0.25, 0.3) is 11.8 Å². The number of oxime groups is 1. The molecule has 12 nitrogen and oxygen atoms in total. The van der Waals surface area contributed by atoms with E-state index < -0.39 is 29.2 Å². The number of rotatable bonds is 8. The van der Waals surface area contributed by atoms with E-state index in [1.54, 1.807) is 6.92 Å². The smallest absolute Gasteiger partial charge is 0.278 e. The highest BCUT2D eigenvalue weighted by Gasteiger charge is 2.53. The third kappa shape index (κ3) is 5.44. The summed E-state index contributed by atoms with van der Waals surface area (Å²) in [6.07, 6.45) is 3.77. The van der Waals surface area contributed by atoms with E-state index in [4.69, 9.17) is 10.6 Å². The number of carboxylic acids is 1. The van der Waals surface area contributed by atoms with Gasteiger partial charge >= 0.3 is 0 Å². The molecule has 4 heterocycles. The van der Waals surface area contributed by atoms with E-state index in [0.29, 0.717) is 11.3 Å². The minimum Gasteiger partial charge on any atom is -0.543 e. The van der Waals surface area contributed by atoms with Gasteiger partial charge in [0.2, 0.25) is 11.5 Å². The zero-order chi connectivity index (χ0) is 26.9. The molecule has 2 aliphatic rings. The van der Waals surface area contributed by atoms with Crippen molar-refractivity contribution >= 4 is 51.9 Å². The fourth-order valence-electron chi connectivity index (χ4n) is 3.93. The van der Waals surface area contributed by atoms with E-state index in [1.165, 1.54) is 16.7 Å². The molecule has 2 aromatic rings. The van der Waals surface area contributed by atoms with E-state index >= 15 is 0 Å². The van der Waals surface area contributed by atoms with Gasteiger partial charge in [-0.15, -0.1) is 11.8 Å². The second kappa shape index (κ2) is 10.5. The van der Waals surface area contributed by atoms with Gasteiger partial charge in [-0.05, 0) is 17.9 Å². The molecule has 2 atom stereocenters. The molecule has 14 heteroatoms. The highest BCUT2D eigenvalue weighted by atomic mass is 32.2. The Bertz CT molecular complexity index is 1280. The molecule has 0 aliphatic carbocycles. The van der Waals surface area contributed by atoms with Crippen molar-refractivity contribution in [3.05, 3.63) is 47.2 Å². The average Bonchev–Trinajstić information content (AvgIpc) is 3.27. The Hall–Kier alpha value is -3.52. The van der Waals surface area contributed by atoms with Crippen LogP contribution in [0.1, 0.15) is 39.1 Å². The lowest BCUT2D eigenvalue weighted by Crippen LogP contribution is -2.71. The number of nitrogens with two attached hydrogens (primary N) is 1. The zero-order valence-corrected chi connectivity index (χ0v) is 22.4. The standard InChI is InChI=1S/C23H27N7O5S2/c1-5-35-27-14(17-26-22(24)37-28-17)18(31)25-15-19(32)30-16(21(33)34)12(11-36-20(15)30)10-29-8-6-13(7-9-29)23(2,3)4/h6-9,15,20H,5,10-11H2,1-4H3,(H3-,24,25,26,28,31,33,34)/b27-14-/t15?,20-/m1/s1. The Balaban J connectivity index is 1.52. The van der Waals surface area contributed by atoms with Gasteiger partial charge in [0.1, 0.15) is 18.0 Å². The van der Waals surface area contributed by atoms with Gasteiger partial charge in [0, 0.05) is 35.0 Å². The lowest BCUT2D eigenvalue weighted by molar-refractivity contribution is -0.689. The summed E-state index contributed by atoms with van der Waals surface area (Å²) in [5, 5.41) is 18.0. The number of nitrogens with one attached hydrogen (secondary N) is 1. The third-order valence-electron chi connectivity index (χ3n) is 5.81. The second-order valence-electron chi connectivity index (χ2n) is 9.42. The first-order valence-electron chi connectivity index (χ1n) is 11.5. The van der Waals surface area contributed by atoms with Gasteiger partial charge in [0.15, 0.2) is 24.1 Å². The number of β-lactam (4-membered cyclic amide) rings is 1. The van der Waals surface area contributed by atoms with Crippen molar-refractivity contribution in [2.24, 2.45) is 5.16 Å². The molecule has 2 aromatic heterocycles. The number of nitrogens with zero attached hydrogens (tertiary/aromatic N) is 5. The predicted molar refractivity (Wildman–Crippen MR) is 135 cm³/mol. The number of carbonyl (C=O) groups is 3. The Morgan fingerprint density at radius 1 is 1.35 bits per heavy atom. The highest BCUT2D eigenvalue weighted by molar-refractivity contribution is 8.00. The first kappa shape index (κ1) is 26.5. The monoisotopic (exact) mass is 545 g/mol. The van der Waals surface area contributed by atoms with Crippen molar-refractivity contribution in [1.82, 2.24) is 19.6 Å². The van der Waals surface area contributed by atoms with Crippen molar-refractivity contribution in [3.8, 4) is 0 Å². The number of carboxylic acid groups (broad SMARTS) is 1. The average molecular weight is 546 g/mol. The molecule has 196 valence electrons. The maximum atomic E-state index is 13.0. The van der Waals surface area contributed by atoms with Gasteiger partial charge in [-0.25, -0.2) is 4.57 Å². The number of fused-ring (bicyclic) bond motifs is 1. The summed E-state index contributed by atoms with van der Waals surface area (Å²) in [5.74, 6) is -2.41. The molecule has 0 radical (unpaired) electrons. The first-order chi connectivity index (χ1) is 17.5. The minimum atomic E-state index is -1.44. The van der Waals surface area contributed by atoms with Crippen LogP contribution in [0.4, 0.5) is 5.13 Å². The van der Waals surface area contributed by atoms with Crippen molar-refractivity contribution < 1.29 is 28.9 Å². The summed E-state index contributed by atoms with van der Waals surface area (Å²) >= 11 is 2.25. The topological polar surface area (TPSA) is 167 Å². The van der Waals surface area contributed by atoms with Crippen LogP contribution in [0.2, 0.25) is 0 Å². The number of aromatic nitrogens is 3. The number of pyridine rings is 1. The number of nitrogen functional groups attached to an aromatic ring is 1. The lowest BCUT2D eigenvalue weighted by Gasteiger charge is -2.50. The summed E-state index contributed by atoms with van der Waals surface area (Å²) in [7, 11) is 0. The van der Waals surface area contributed by atoms with Crippen molar-refractivity contribution in [3.63, 3.8) is 0 Å². The minimum absolute atomic E-state index is 0.0126. The van der Waals surface area contributed by atoms with Crippen LogP contribution < -0.4 is 20.7 Å². The van der Waals surface area contributed by atoms with Gasteiger partial charge < -0.3 is 25.8 Å². The fraction of sp³-hybridized carbons (Fsp3) is 0.435. The molecule has 0 aromatic carbocycles. The van der Waals surface area contributed by atoms with Crippen LogP contribution in [0, 0.1) is 0 Å². The van der Waals surface area contributed by atoms with E-state index in [0.717, 1.165) is 17.1 Å². The fourth-order valence-corrected chi connectivity index (χ4v) is 5.70. The van der Waals surface area contributed by atoms with Crippen LogP contribution in [-0.2, 0) is 31.2 Å². The second-order valence-corrected chi connectivity index (χ2v) is 11.3. The summed E-state index contributed by atoms with van der Waals surface area (Å²) in [6.45, 7) is 8.51. The van der Waals surface area contributed by atoms with Gasteiger partial charge in [-0.2, -0.15) is 9.36 Å². The molecule has 0 spiro atoms. The molecule has 1 saturated heterocycles. The largest absolute Gasteiger partial charge is 0.543 e. The molecule has 37 heavy (non-hydrogen) atoms. The Kier molecular flexibility index (Phi) is 7.50. The van der Waals surface area contributed by atoms with Crippen LogP contribution >= 0.6 is 23.3 Å². The lowest BCUT2D eigenvalue weighted by atomic mass is 9.88. The number of aliphatic carboxylic acids is 1. The van der Waals surface area contributed by atoms with E-state index in [9.17, 15) is 19.5 Å². The summed E-state index contributed by atoms with van der Waals surface area (Å²) in [4.78, 5) is 48.2. The molecule has 3 N–H and O–H groups in total. The van der Waals surface area contributed by atoms with Crippen LogP contribution in [-0.4, -0.2) is 61.5 Å². The molecule has 1 unspecified atom stereocenters. The van der Waals surface area contributed by atoms with Crippen molar-refractivity contribution in [2.75, 3.05) is 18.1 Å². The molecule has 1 fully saturated rings. The van der Waals surface area contributed by atoms with Gasteiger partial charge in [-0.3, -0.25) is 14.5 Å². The number of anilines is 1.